The summed E-state index contributed by atoms with van der Waals surface area (Å²) >= 11 is 1.66. The largest absolute Gasteiger partial charge is 0.369 e. The molecule has 3 rings (SSSR count). The minimum Gasteiger partial charge on any atom is -0.369 e. The van der Waals surface area contributed by atoms with Crippen LogP contribution in [0.5, 0.6) is 0 Å². The lowest BCUT2D eigenvalue weighted by Crippen LogP contribution is -2.16. The third kappa shape index (κ3) is 2.27. The Kier molecular flexibility index (Phi) is 3.32. The first-order valence-corrected chi connectivity index (χ1v) is 7.41. The van der Waals surface area contributed by atoms with Crippen molar-refractivity contribution in [3.8, 4) is 0 Å². The summed E-state index contributed by atoms with van der Waals surface area (Å²) < 4.78 is 0. The summed E-state index contributed by atoms with van der Waals surface area (Å²) in [5.41, 5.74) is 0. The summed E-state index contributed by atoms with van der Waals surface area (Å²) in [6, 6.07) is 2.09. The Morgan fingerprint density at radius 1 is 1.39 bits per heavy atom. The maximum Gasteiger partial charge on any atom is 0.225 e. The SMILES string of the molecule is CNc1nc(NCCC2CCC2)c2ccsc2n1. The van der Waals surface area contributed by atoms with Crippen LogP contribution in [0.15, 0.2) is 11.4 Å². The van der Waals surface area contributed by atoms with E-state index in [2.05, 4.69) is 32.0 Å². The van der Waals surface area contributed by atoms with Crippen molar-refractivity contribution in [1.82, 2.24) is 9.97 Å². The molecule has 2 heterocycles. The third-order valence-corrected chi connectivity index (χ3v) is 4.43. The van der Waals surface area contributed by atoms with E-state index in [0.717, 1.165) is 28.5 Å². The summed E-state index contributed by atoms with van der Waals surface area (Å²) in [7, 11) is 1.85. The van der Waals surface area contributed by atoms with Gasteiger partial charge in [0.2, 0.25) is 5.95 Å². The predicted molar refractivity (Wildman–Crippen MR) is 77.4 cm³/mol. The van der Waals surface area contributed by atoms with E-state index in [1.165, 1.54) is 25.7 Å². The van der Waals surface area contributed by atoms with E-state index < -0.39 is 0 Å². The first-order valence-electron chi connectivity index (χ1n) is 6.53. The molecule has 18 heavy (non-hydrogen) atoms. The molecule has 4 nitrogen and oxygen atoms in total. The Morgan fingerprint density at radius 2 is 2.28 bits per heavy atom. The second kappa shape index (κ2) is 5.10. The predicted octanol–water partition coefficient (Wildman–Crippen LogP) is 3.34. The fraction of sp³-hybridized carbons (Fsp3) is 0.538. The molecule has 5 heteroatoms. The molecular weight excluding hydrogens is 244 g/mol. The van der Waals surface area contributed by atoms with Gasteiger partial charge in [0, 0.05) is 13.6 Å². The number of thiophene rings is 1. The number of fused-ring (bicyclic) bond motifs is 1. The topological polar surface area (TPSA) is 49.8 Å². The van der Waals surface area contributed by atoms with Gasteiger partial charge in [-0.2, -0.15) is 4.98 Å². The molecule has 0 aromatic carbocycles. The Labute approximate surface area is 111 Å². The van der Waals surface area contributed by atoms with Gasteiger partial charge in [-0.3, -0.25) is 0 Å². The standard InChI is InChI=1S/C13H18N4S/c1-14-13-16-11(10-6-8-18-12(10)17-13)15-7-5-9-3-2-4-9/h6,8-9H,2-5,7H2,1H3,(H2,14,15,16,17). The number of nitrogens with zero attached hydrogens (tertiary/aromatic N) is 2. The van der Waals surface area contributed by atoms with Crippen LogP contribution in [0.3, 0.4) is 0 Å². The molecule has 0 unspecified atom stereocenters. The van der Waals surface area contributed by atoms with E-state index in [9.17, 15) is 0 Å². The molecule has 2 aromatic rings. The fourth-order valence-corrected chi connectivity index (χ4v) is 3.04. The molecule has 0 amide bonds. The van der Waals surface area contributed by atoms with Gasteiger partial charge in [-0.1, -0.05) is 19.3 Å². The van der Waals surface area contributed by atoms with Crippen LogP contribution < -0.4 is 10.6 Å². The van der Waals surface area contributed by atoms with Gasteiger partial charge in [0.05, 0.1) is 5.39 Å². The minimum absolute atomic E-state index is 0.691. The lowest BCUT2D eigenvalue weighted by molar-refractivity contribution is 0.303. The smallest absolute Gasteiger partial charge is 0.225 e. The van der Waals surface area contributed by atoms with Crippen molar-refractivity contribution in [3.63, 3.8) is 0 Å². The molecule has 0 atom stereocenters. The average molecular weight is 262 g/mol. The lowest BCUT2D eigenvalue weighted by Gasteiger charge is -2.25. The average Bonchev–Trinajstić information content (AvgIpc) is 2.80. The van der Waals surface area contributed by atoms with Crippen molar-refractivity contribution < 1.29 is 0 Å². The van der Waals surface area contributed by atoms with Crippen LogP contribution in [-0.2, 0) is 0 Å². The van der Waals surface area contributed by atoms with Crippen LogP contribution >= 0.6 is 11.3 Å². The van der Waals surface area contributed by atoms with Crippen molar-refractivity contribution in [2.45, 2.75) is 25.7 Å². The highest BCUT2D eigenvalue weighted by Crippen LogP contribution is 2.30. The van der Waals surface area contributed by atoms with Gasteiger partial charge in [-0.25, -0.2) is 4.98 Å². The van der Waals surface area contributed by atoms with Crippen LogP contribution in [0.25, 0.3) is 10.2 Å². The summed E-state index contributed by atoms with van der Waals surface area (Å²) in [5, 5.41) is 9.68. The van der Waals surface area contributed by atoms with E-state index in [-0.39, 0.29) is 0 Å². The van der Waals surface area contributed by atoms with E-state index in [0.29, 0.717) is 5.95 Å². The van der Waals surface area contributed by atoms with Crippen LogP contribution in [0.1, 0.15) is 25.7 Å². The first-order chi connectivity index (χ1) is 8.86. The third-order valence-electron chi connectivity index (χ3n) is 3.62. The van der Waals surface area contributed by atoms with Gasteiger partial charge in [-0.15, -0.1) is 11.3 Å². The number of rotatable bonds is 5. The molecule has 1 fully saturated rings. The molecule has 1 saturated carbocycles. The van der Waals surface area contributed by atoms with Crippen molar-refractivity contribution >= 4 is 33.3 Å². The minimum atomic E-state index is 0.691. The summed E-state index contributed by atoms with van der Waals surface area (Å²) in [4.78, 5) is 9.99. The quantitative estimate of drug-likeness (QED) is 0.867. The number of aromatic nitrogens is 2. The lowest BCUT2D eigenvalue weighted by atomic mass is 9.83. The molecule has 96 valence electrons. The second-order valence-electron chi connectivity index (χ2n) is 4.80. The zero-order valence-corrected chi connectivity index (χ0v) is 11.4. The summed E-state index contributed by atoms with van der Waals surface area (Å²) in [6.45, 7) is 1.01. The van der Waals surface area contributed by atoms with Gasteiger partial charge in [-0.05, 0) is 23.8 Å². The van der Waals surface area contributed by atoms with Crippen molar-refractivity contribution in [2.75, 3.05) is 24.2 Å². The van der Waals surface area contributed by atoms with E-state index in [1.54, 1.807) is 11.3 Å². The molecule has 1 aliphatic carbocycles. The van der Waals surface area contributed by atoms with Crippen LogP contribution in [-0.4, -0.2) is 23.6 Å². The highest BCUT2D eigenvalue weighted by molar-refractivity contribution is 7.16. The van der Waals surface area contributed by atoms with Crippen molar-refractivity contribution in [3.05, 3.63) is 11.4 Å². The molecule has 0 bridgehead atoms. The Balaban J connectivity index is 1.74. The highest BCUT2D eigenvalue weighted by Gasteiger charge is 2.16. The van der Waals surface area contributed by atoms with E-state index in [4.69, 9.17) is 0 Å². The molecule has 0 spiro atoms. The molecule has 2 aromatic heterocycles. The van der Waals surface area contributed by atoms with Gasteiger partial charge >= 0.3 is 0 Å². The molecule has 0 radical (unpaired) electrons. The molecule has 1 aliphatic rings. The molecular formula is C13H18N4S. The number of hydrogen-bond donors (Lipinski definition) is 2. The molecule has 2 N–H and O–H groups in total. The zero-order chi connectivity index (χ0) is 12.4. The summed E-state index contributed by atoms with van der Waals surface area (Å²) in [5.74, 6) is 2.59. The number of hydrogen-bond acceptors (Lipinski definition) is 5. The van der Waals surface area contributed by atoms with Crippen LogP contribution in [0, 0.1) is 5.92 Å². The van der Waals surface area contributed by atoms with Crippen molar-refractivity contribution in [1.29, 1.82) is 0 Å². The van der Waals surface area contributed by atoms with E-state index >= 15 is 0 Å². The monoisotopic (exact) mass is 262 g/mol. The molecule has 0 saturated heterocycles. The van der Waals surface area contributed by atoms with Gasteiger partial charge in [0.1, 0.15) is 10.6 Å². The zero-order valence-electron chi connectivity index (χ0n) is 10.6. The van der Waals surface area contributed by atoms with E-state index in [1.807, 2.05) is 7.05 Å². The number of nitrogens with one attached hydrogen (secondary N) is 2. The normalized spacial score (nSPS) is 15.6. The maximum absolute atomic E-state index is 4.51. The van der Waals surface area contributed by atoms with Gasteiger partial charge in [0.25, 0.3) is 0 Å². The van der Waals surface area contributed by atoms with Gasteiger partial charge < -0.3 is 10.6 Å². The number of anilines is 2. The molecule has 0 aliphatic heterocycles. The second-order valence-corrected chi connectivity index (χ2v) is 5.69. The van der Waals surface area contributed by atoms with Crippen LogP contribution in [0.4, 0.5) is 11.8 Å². The summed E-state index contributed by atoms with van der Waals surface area (Å²) in [6.07, 6.45) is 5.48. The van der Waals surface area contributed by atoms with Gasteiger partial charge in [0.15, 0.2) is 0 Å². The highest BCUT2D eigenvalue weighted by atomic mass is 32.1. The maximum atomic E-state index is 4.51. The Hall–Kier alpha value is -1.36. The fourth-order valence-electron chi connectivity index (χ4n) is 2.28. The van der Waals surface area contributed by atoms with Crippen LogP contribution in [0.2, 0.25) is 0 Å². The first kappa shape index (κ1) is 11.7. The van der Waals surface area contributed by atoms with Crippen molar-refractivity contribution in [2.24, 2.45) is 5.92 Å². The Morgan fingerprint density at radius 3 is 3.00 bits per heavy atom. The Bertz CT molecular complexity index is 533.